The zero-order valence-corrected chi connectivity index (χ0v) is 58.3. The van der Waals surface area contributed by atoms with Crippen LogP contribution >= 0.6 is 0 Å². The van der Waals surface area contributed by atoms with Crippen molar-refractivity contribution in [3.8, 4) is 0 Å². The highest BCUT2D eigenvalue weighted by Gasteiger charge is 2.62. The van der Waals surface area contributed by atoms with Gasteiger partial charge in [-0.15, -0.1) is 0 Å². The number of carboxylic acids is 1. The molecule has 0 aromatic rings. The lowest BCUT2D eigenvalue weighted by atomic mass is 9.88. The van der Waals surface area contributed by atoms with Crippen LogP contribution in [0.2, 0.25) is 0 Å². The van der Waals surface area contributed by atoms with Crippen LogP contribution in [0.5, 0.6) is 0 Å². The van der Waals surface area contributed by atoms with E-state index >= 15 is 0 Å². The molecular weight excluding hydrogens is 1450 g/mol. The summed E-state index contributed by atoms with van der Waals surface area (Å²) in [4.78, 5) is 13.0. The minimum Gasteiger partial charge on any atom is -0.477 e. The summed E-state index contributed by atoms with van der Waals surface area (Å²) in [5.41, 5.74) is 5.99. The quantitative estimate of drug-likeness (QED) is 0.0278. The van der Waals surface area contributed by atoms with Gasteiger partial charge in [0, 0.05) is 36.7 Å². The third-order valence-electron chi connectivity index (χ3n) is 21.2. The number of aliphatic hydroxyl groups is 25. The van der Waals surface area contributed by atoms with Crippen molar-refractivity contribution in [2.45, 2.75) is 299 Å². The second-order valence-electron chi connectivity index (χ2n) is 28.3. The van der Waals surface area contributed by atoms with Crippen LogP contribution in [0.3, 0.4) is 0 Å². The Morgan fingerprint density at radius 1 is 0.443 bits per heavy atom. The number of carboxylic acid groups (broad SMARTS) is 1. The lowest BCUT2D eigenvalue weighted by Gasteiger charge is -2.51. The summed E-state index contributed by atoms with van der Waals surface area (Å²) in [5.74, 6) is -9.60. The Bertz CT molecular complexity index is 2640. The average Bonchev–Trinajstić information content (AvgIpc) is 0.758. The summed E-state index contributed by atoms with van der Waals surface area (Å²) in [6.07, 6.45) is -76.1. The minimum absolute atomic E-state index is 0.539. The summed E-state index contributed by atoms with van der Waals surface area (Å²) in [6.45, 7) is -1.50. The van der Waals surface area contributed by atoms with Crippen LogP contribution < -0.4 is 5.73 Å². The van der Waals surface area contributed by atoms with Crippen molar-refractivity contribution < 1.29 is 213 Å². The molecule has 8 aliphatic heterocycles. The number of hydrogen-bond acceptors (Lipinski definition) is 43. The molecule has 0 aromatic heterocycles. The zero-order chi connectivity index (χ0) is 78.6. The third kappa shape index (κ3) is 19.1. The first-order chi connectivity index (χ1) is 50.0. The fraction of sp³-hybridized carbons (Fsp3) is 0.984. The van der Waals surface area contributed by atoms with E-state index in [-0.39, 0.29) is 0 Å². The fourth-order valence-electron chi connectivity index (χ4n) is 14.1. The van der Waals surface area contributed by atoms with Crippen molar-refractivity contribution in [3.05, 3.63) is 0 Å². The van der Waals surface area contributed by atoms with Crippen LogP contribution in [-0.4, -0.2) is 449 Å². The molecule has 44 heteroatoms. The van der Waals surface area contributed by atoms with Gasteiger partial charge in [0.1, 0.15) is 153 Å². The number of carbonyl (C=O) groups is 1. The summed E-state index contributed by atoms with van der Waals surface area (Å²) in [6, 6.07) is -1.63. The Morgan fingerprint density at radius 2 is 0.858 bits per heavy atom. The molecule has 45 atom stereocenters. The smallest absolute Gasteiger partial charge is 0.364 e. The first kappa shape index (κ1) is 89.3. The molecule has 0 saturated carbocycles. The van der Waals surface area contributed by atoms with Crippen LogP contribution in [0, 0.1) is 23.7 Å². The Labute approximate surface area is 605 Å². The van der Waals surface area contributed by atoms with Crippen LogP contribution in [0.1, 0.15) is 47.5 Å². The van der Waals surface area contributed by atoms with E-state index in [0.717, 1.165) is 0 Å². The van der Waals surface area contributed by atoms with E-state index in [9.17, 15) is 138 Å². The van der Waals surface area contributed by atoms with E-state index in [2.05, 4.69) is 0 Å². The highest BCUT2D eigenvalue weighted by molar-refractivity contribution is 5.76. The first-order valence-electron chi connectivity index (χ1n) is 35.0. The van der Waals surface area contributed by atoms with Gasteiger partial charge in [0.25, 0.3) is 5.79 Å². The van der Waals surface area contributed by atoms with Crippen LogP contribution in [0.15, 0.2) is 0 Å². The molecule has 0 aromatic carbocycles. The van der Waals surface area contributed by atoms with E-state index < -0.39 is 353 Å². The van der Waals surface area contributed by atoms with Gasteiger partial charge in [-0.05, 0) is 13.3 Å². The van der Waals surface area contributed by atoms with Gasteiger partial charge in [-0.1, -0.05) is 27.7 Å². The molecule has 44 nitrogen and oxygen atoms in total. The topological polar surface area (TPSA) is 717 Å². The molecular formula is C62H109NO43. The second kappa shape index (κ2) is 38.7. The van der Waals surface area contributed by atoms with Gasteiger partial charge in [0.05, 0.1) is 102 Å². The largest absolute Gasteiger partial charge is 0.477 e. The molecule has 620 valence electrons. The molecule has 0 spiro atoms. The van der Waals surface area contributed by atoms with E-state index in [1.165, 1.54) is 20.8 Å². The van der Waals surface area contributed by atoms with Gasteiger partial charge in [-0.3, -0.25) is 0 Å². The number of aliphatic hydroxyl groups excluding tert-OH is 25. The highest BCUT2D eigenvalue weighted by Crippen LogP contribution is 2.42. The van der Waals surface area contributed by atoms with Crippen LogP contribution in [0.4, 0.5) is 0 Å². The third-order valence-corrected chi connectivity index (χ3v) is 21.2. The Kier molecular flexibility index (Phi) is 32.7. The summed E-state index contributed by atoms with van der Waals surface area (Å²) < 4.78 is 94.9. The van der Waals surface area contributed by atoms with Gasteiger partial charge < -0.3 is 214 Å². The van der Waals surface area contributed by atoms with Gasteiger partial charge in [-0.2, -0.15) is 0 Å². The number of hydrogen-bond donors (Lipinski definition) is 27. The number of rotatable bonds is 32. The average molecular weight is 1560 g/mol. The van der Waals surface area contributed by atoms with Crippen molar-refractivity contribution in [3.63, 3.8) is 0 Å². The normalized spacial score (nSPS) is 48.7. The highest BCUT2D eigenvalue weighted by atomic mass is 16.8. The molecule has 8 heterocycles. The van der Waals surface area contributed by atoms with Crippen molar-refractivity contribution in [2.24, 2.45) is 29.4 Å². The Morgan fingerprint density at radius 3 is 1.37 bits per heavy atom. The Hall–Kier alpha value is -2.21. The number of ether oxygens (including phenoxy) is 16. The van der Waals surface area contributed by atoms with Gasteiger partial charge in [0.2, 0.25) is 0 Å². The molecule has 106 heavy (non-hydrogen) atoms. The molecule has 0 radical (unpaired) electrons. The fourth-order valence-corrected chi connectivity index (χ4v) is 14.1. The van der Waals surface area contributed by atoms with Gasteiger partial charge >= 0.3 is 5.97 Å². The maximum atomic E-state index is 13.0. The molecule has 0 amide bonds. The van der Waals surface area contributed by atoms with E-state index in [0.29, 0.717) is 0 Å². The van der Waals surface area contributed by atoms with Crippen molar-refractivity contribution >= 4 is 5.97 Å². The zero-order valence-electron chi connectivity index (χ0n) is 58.3. The SMILES string of the molecule is CC1C(O)[C@H](O)[C@H](CO)O[C@H]1O[C@H](C(O)[C@H](O)CCO)[C@H](O)OCC1O[C@@H](O[C@@H]2C(CO)O[C@@H](O[C@@H]3C(CO)O[C@@H](C)[C@@H](C)C3O)[C@@H](C)C2O)[C@H](O)C(O[C@H]2O[C@H](CO)[C@@H](O)C(O)C2O[C@@H]2OC(CO)[C@@H](O[C@@H]3OC(CO)[C@H](O)C(O[C@]4(C(=O)O)C[C@@H](O)[C@@H](N)C([C@H](O)[C@H](O)CO)O4)[C@@H]3O)C(O)[C@@H]2C)[C@@H]1O. The van der Waals surface area contributed by atoms with Crippen molar-refractivity contribution in [1.82, 2.24) is 0 Å². The molecule has 8 aliphatic rings. The summed E-state index contributed by atoms with van der Waals surface area (Å²) in [5, 5.41) is 286. The predicted molar refractivity (Wildman–Crippen MR) is 334 cm³/mol. The molecule has 8 fully saturated rings. The van der Waals surface area contributed by atoms with E-state index in [4.69, 9.17) is 81.5 Å². The standard InChI is InChI=1S/C62H109NO43/c1-17-21(5)92-28(13-69)46(34(17)76)99-56-19(3)35(77)47(29(14-70)96-56)100-58-44(86)50(42(84)31(98-58)16-91-54(88)52(37(79)22(72)6-7-64)103-55-18(2)33(75)39(81)25(10-66)93-55)102-60-53(43(85)40(82)26(11-67)95-60)104-57-20(4)36(78)48(30(15-71)97-57)101-59-45(87)51(41(83)27(12-68)94-59)106-62(61(89)90)8-23(73)32(63)49(105-62)38(80)24(74)9-65/h17-60,64-88H,6-16,63H2,1-5H3,(H,89,90)/t17-,18?,19+,20+,21+,22-,23-,24-,25+,26-,27?,28?,29?,30?,31?,32-,33?,34?,35?,36?,37?,38-,39-,40-,41+,42-,43?,44-,45+,46-,47-,48-,49?,50?,51?,52-,53?,54-,55+,56+,57+,58+,59+,60-,62+/m1/s1. The lowest BCUT2D eigenvalue weighted by molar-refractivity contribution is -0.402. The van der Waals surface area contributed by atoms with Gasteiger partial charge in [0.15, 0.2) is 44.0 Å². The van der Waals surface area contributed by atoms with Gasteiger partial charge in [-0.25, -0.2) is 4.79 Å². The minimum atomic E-state index is -3.14. The molecule has 28 N–H and O–H groups in total. The lowest BCUT2D eigenvalue weighted by Crippen LogP contribution is -2.70. The monoisotopic (exact) mass is 1560 g/mol. The number of nitrogens with two attached hydrogens (primary N) is 1. The van der Waals surface area contributed by atoms with Crippen LogP contribution in [-0.2, 0) is 80.6 Å². The molecule has 8 rings (SSSR count). The van der Waals surface area contributed by atoms with Crippen molar-refractivity contribution in [1.29, 1.82) is 0 Å². The molecule has 0 aliphatic carbocycles. The summed E-state index contributed by atoms with van der Waals surface area (Å²) in [7, 11) is 0. The maximum absolute atomic E-state index is 13.0. The second-order valence-corrected chi connectivity index (χ2v) is 28.3. The predicted octanol–water partition coefficient (Wildman–Crippen LogP) is -15.3. The molecule has 0 bridgehead atoms. The maximum Gasteiger partial charge on any atom is 0.364 e. The molecule has 16 unspecified atom stereocenters. The molecule has 8 saturated heterocycles. The number of aliphatic carboxylic acids is 1. The van der Waals surface area contributed by atoms with E-state index in [1.54, 1.807) is 13.8 Å². The summed E-state index contributed by atoms with van der Waals surface area (Å²) >= 11 is 0. The first-order valence-corrected chi connectivity index (χ1v) is 35.0. The Balaban J connectivity index is 1.06. The van der Waals surface area contributed by atoms with Crippen LogP contribution in [0.25, 0.3) is 0 Å². The van der Waals surface area contributed by atoms with Crippen molar-refractivity contribution in [2.75, 3.05) is 59.5 Å². The van der Waals surface area contributed by atoms with E-state index in [1.807, 2.05) is 0 Å².